The number of pyridine rings is 3. The van der Waals surface area contributed by atoms with Crippen LogP contribution in [-0.2, 0) is 11.3 Å². The summed E-state index contributed by atoms with van der Waals surface area (Å²) in [6, 6.07) is 29.2. The number of carbonyl (C=O) groups excluding carboxylic acids is 3. The maximum Gasteiger partial charge on any atom is 0.338 e. The van der Waals surface area contributed by atoms with Crippen LogP contribution in [-0.4, -0.2) is 59.2 Å². The van der Waals surface area contributed by atoms with Crippen molar-refractivity contribution in [3.05, 3.63) is 137 Å². The van der Waals surface area contributed by atoms with Gasteiger partial charge in [0.15, 0.2) is 0 Å². The number of rotatable bonds is 73. The molecule has 2 amide bonds. The Morgan fingerprint density at radius 2 is 0.539 bits per heavy atom. The summed E-state index contributed by atoms with van der Waals surface area (Å²) in [5.41, 5.74) is 5.13. The van der Waals surface area contributed by atoms with Crippen molar-refractivity contribution in [2.75, 3.05) is 37.1 Å². The Hall–Kier alpha value is -7.28. The summed E-state index contributed by atoms with van der Waals surface area (Å²) < 4.78 is 32.1. The molecule has 0 bridgehead atoms. The number of carbonyl (C=O) groups is 3. The molecule has 0 aliphatic rings. The summed E-state index contributed by atoms with van der Waals surface area (Å²) in [5.74, 6) is 0.701. The van der Waals surface area contributed by atoms with E-state index in [0.717, 1.165) is 51.4 Å². The van der Waals surface area contributed by atoms with Gasteiger partial charge in [0.05, 0.1) is 54.8 Å². The highest BCUT2D eigenvalue weighted by Gasteiger charge is 2.22. The number of anilines is 2. The van der Waals surface area contributed by atoms with Crippen LogP contribution in [0.2, 0.25) is 0 Å². The molecule has 0 aliphatic heterocycles. The van der Waals surface area contributed by atoms with Gasteiger partial charge in [-0.3, -0.25) is 19.6 Å². The Morgan fingerprint density at radius 1 is 0.287 bits per heavy atom. The Kier molecular flexibility index (Phi) is 54.4. The minimum absolute atomic E-state index is 0.116. The van der Waals surface area contributed by atoms with E-state index in [4.69, 9.17) is 28.7 Å². The van der Waals surface area contributed by atoms with Gasteiger partial charge < -0.3 is 34.3 Å². The first-order valence-corrected chi connectivity index (χ1v) is 47.3. The zero-order valence-electron chi connectivity index (χ0n) is 73.1. The van der Waals surface area contributed by atoms with Crippen molar-refractivity contribution in [1.82, 2.24) is 15.0 Å². The summed E-state index contributed by atoms with van der Waals surface area (Å²) in [5, 5.41) is 6.34. The number of hydrogen-bond donors (Lipinski definition) is 2. The molecule has 6 aromatic rings. The van der Waals surface area contributed by atoms with E-state index in [1.807, 2.05) is 67.6 Å². The quantitative estimate of drug-likeness (QED) is 0.0276. The van der Waals surface area contributed by atoms with Crippen LogP contribution in [0.15, 0.2) is 109 Å². The minimum Gasteiger partial charge on any atom is -0.493 e. The molecule has 115 heavy (non-hydrogen) atoms. The zero-order valence-corrected chi connectivity index (χ0v) is 73.1. The second-order valence-electron chi connectivity index (χ2n) is 33.0. The fraction of sp³-hybridized carbons (Fsp3) is 0.647. The number of aromatic nitrogens is 3. The fourth-order valence-electron chi connectivity index (χ4n) is 15.4. The van der Waals surface area contributed by atoms with Crippen LogP contribution in [0.4, 0.5) is 11.4 Å². The normalized spacial score (nSPS) is 11.3. The van der Waals surface area contributed by atoms with E-state index in [2.05, 4.69) is 48.3 Å². The molecule has 0 spiro atoms. The maximum atomic E-state index is 15.0. The molecular weight excluding hydrogens is 1420 g/mol. The molecule has 0 saturated heterocycles. The molecule has 0 aliphatic carbocycles. The SMILES string of the molecule is CCCCCCCCCCCCCCCCOc1cc(OCCCCCCCCCCCCCCCC)cc(C(=O)Nc2cc(C(=O)OCc3cc(-c4ccccn4)nc(-c4ccccn4)c3)cc(NC(=O)c3cc(OCCCCCCCCCCCCCCCC)cc(OCCCCCCCCCCCCCCCC)c3)c2C)c1. The largest absolute Gasteiger partial charge is 0.493 e. The zero-order chi connectivity index (χ0) is 81.3. The molecule has 13 nitrogen and oxygen atoms in total. The van der Waals surface area contributed by atoms with Gasteiger partial charge in [-0.05, 0) is 117 Å². The van der Waals surface area contributed by atoms with E-state index in [1.54, 1.807) is 48.8 Å². The van der Waals surface area contributed by atoms with E-state index < -0.39 is 17.8 Å². The first-order valence-electron chi connectivity index (χ1n) is 47.3. The number of hydrogen-bond acceptors (Lipinski definition) is 11. The average molecular weight is 1580 g/mol. The van der Waals surface area contributed by atoms with Crippen molar-refractivity contribution < 1.29 is 38.1 Å². The van der Waals surface area contributed by atoms with Crippen LogP contribution in [0.3, 0.4) is 0 Å². The van der Waals surface area contributed by atoms with Crippen molar-refractivity contribution in [3.8, 4) is 45.8 Å². The number of unbranched alkanes of at least 4 members (excludes halogenated alkanes) is 52. The second-order valence-corrected chi connectivity index (χ2v) is 33.0. The summed E-state index contributed by atoms with van der Waals surface area (Å²) in [6.45, 7) is 12.9. The van der Waals surface area contributed by atoms with Crippen LogP contribution >= 0.6 is 0 Å². The Balaban J connectivity index is 1.20. The van der Waals surface area contributed by atoms with Crippen molar-refractivity contribution in [2.45, 2.75) is 401 Å². The Bertz CT molecular complexity index is 3140. The summed E-state index contributed by atoms with van der Waals surface area (Å²) >= 11 is 0. The lowest BCUT2D eigenvalue weighted by Gasteiger charge is -2.18. The lowest BCUT2D eigenvalue weighted by atomic mass is 10.0. The van der Waals surface area contributed by atoms with Crippen molar-refractivity contribution in [1.29, 1.82) is 0 Å². The van der Waals surface area contributed by atoms with Crippen LogP contribution in [0, 0.1) is 6.92 Å². The number of nitrogens with one attached hydrogen (secondary N) is 2. The van der Waals surface area contributed by atoms with Gasteiger partial charge in [0, 0.05) is 47.0 Å². The Labute approximate surface area is 699 Å². The predicted molar refractivity (Wildman–Crippen MR) is 483 cm³/mol. The maximum absolute atomic E-state index is 15.0. The number of benzene rings is 3. The summed E-state index contributed by atoms with van der Waals surface area (Å²) in [4.78, 5) is 59.0. The molecule has 6 rings (SSSR count). The van der Waals surface area contributed by atoms with Gasteiger partial charge in [0.2, 0.25) is 0 Å². The highest BCUT2D eigenvalue weighted by molar-refractivity contribution is 6.09. The average Bonchev–Trinajstić information content (AvgIpc) is 0.799. The molecule has 638 valence electrons. The third kappa shape index (κ3) is 44.7. The monoisotopic (exact) mass is 1580 g/mol. The Morgan fingerprint density at radius 3 is 0.783 bits per heavy atom. The lowest BCUT2D eigenvalue weighted by Crippen LogP contribution is -2.18. The molecular formula is C102H157N5O8. The van der Waals surface area contributed by atoms with E-state index >= 15 is 9.59 Å². The summed E-state index contributed by atoms with van der Waals surface area (Å²) in [7, 11) is 0. The number of nitrogens with zero attached hydrogens (tertiary/aromatic N) is 3. The van der Waals surface area contributed by atoms with Crippen LogP contribution in [0.1, 0.15) is 429 Å². The van der Waals surface area contributed by atoms with Crippen molar-refractivity contribution in [2.24, 2.45) is 0 Å². The smallest absolute Gasteiger partial charge is 0.338 e. The topological polar surface area (TPSA) is 160 Å². The van der Waals surface area contributed by atoms with Gasteiger partial charge in [-0.1, -0.05) is 374 Å². The molecule has 0 atom stereocenters. The molecule has 3 aromatic heterocycles. The van der Waals surface area contributed by atoms with Crippen LogP contribution in [0.25, 0.3) is 22.8 Å². The molecule has 3 aromatic carbocycles. The van der Waals surface area contributed by atoms with Crippen LogP contribution < -0.4 is 29.6 Å². The lowest BCUT2D eigenvalue weighted by molar-refractivity contribution is 0.0472. The van der Waals surface area contributed by atoms with Gasteiger partial charge in [0.25, 0.3) is 11.8 Å². The second kappa shape index (κ2) is 64.8. The van der Waals surface area contributed by atoms with Crippen LogP contribution in [0.5, 0.6) is 23.0 Å². The van der Waals surface area contributed by atoms with Gasteiger partial charge in [-0.2, -0.15) is 0 Å². The third-order valence-electron chi connectivity index (χ3n) is 22.6. The standard InChI is InChI=1S/C102H157N5O8/c1-6-10-14-18-22-26-30-34-38-42-46-50-54-62-70-111-90-76-87(77-91(82-90)112-71-63-55-51-47-43-39-35-31-27-23-19-15-11-7-2)100(108)106-96-80-89(102(110)115-84-86-74-98(94-66-58-60-68-103-94)105-99(75-86)95-67-59-61-69-104-95)81-97(85(96)5)107-101(109)88-78-92(113-72-64-56-52-48-44-40-36-32-28-24-20-16-12-8-3)83-93(79-88)114-73-65-57-53-49-45-41-37-33-29-25-21-17-13-9-4/h58-61,66-69,74-83H,6-57,62-65,70-73,84H2,1-5H3,(H,106,108)(H,107,109). The third-order valence-corrected chi connectivity index (χ3v) is 22.6. The first kappa shape index (κ1) is 96.6. The van der Waals surface area contributed by atoms with E-state index in [1.165, 1.54) is 308 Å². The summed E-state index contributed by atoms with van der Waals surface area (Å²) in [6.07, 6.45) is 74.6. The van der Waals surface area contributed by atoms with Gasteiger partial charge in [-0.25, -0.2) is 9.78 Å². The highest BCUT2D eigenvalue weighted by atomic mass is 16.5. The molecule has 0 unspecified atom stereocenters. The molecule has 0 radical (unpaired) electrons. The predicted octanol–water partition coefficient (Wildman–Crippen LogP) is 30.8. The van der Waals surface area contributed by atoms with Crippen molar-refractivity contribution >= 4 is 29.2 Å². The number of esters is 1. The molecule has 2 N–H and O–H groups in total. The molecule has 13 heteroatoms. The van der Waals surface area contributed by atoms with E-state index in [0.29, 0.717) is 106 Å². The highest BCUT2D eigenvalue weighted by Crippen LogP contribution is 2.33. The van der Waals surface area contributed by atoms with Gasteiger partial charge >= 0.3 is 5.97 Å². The van der Waals surface area contributed by atoms with E-state index in [-0.39, 0.29) is 12.2 Å². The van der Waals surface area contributed by atoms with E-state index in [9.17, 15) is 4.79 Å². The first-order chi connectivity index (χ1) is 56.7. The molecule has 0 saturated carbocycles. The molecule has 0 fully saturated rings. The minimum atomic E-state index is -0.669. The van der Waals surface area contributed by atoms with Crippen molar-refractivity contribution in [3.63, 3.8) is 0 Å². The van der Waals surface area contributed by atoms with Gasteiger partial charge in [0.1, 0.15) is 29.6 Å². The number of ether oxygens (including phenoxy) is 5. The number of amides is 2. The molecule has 3 heterocycles. The fourth-order valence-corrected chi connectivity index (χ4v) is 15.4. The van der Waals surface area contributed by atoms with Gasteiger partial charge in [-0.15, -0.1) is 0 Å².